The van der Waals surface area contributed by atoms with E-state index in [0.29, 0.717) is 33.4 Å². The van der Waals surface area contributed by atoms with E-state index in [-0.39, 0.29) is 17.1 Å². The minimum atomic E-state index is -3.62. The lowest BCUT2D eigenvalue weighted by Gasteiger charge is -2.18. The Labute approximate surface area is 190 Å². The first-order chi connectivity index (χ1) is 14.7. The summed E-state index contributed by atoms with van der Waals surface area (Å²) in [5, 5.41) is 14.1. The largest absolute Gasteiger partial charge is 0.462 e. The van der Waals surface area contributed by atoms with Crippen LogP contribution in [0.3, 0.4) is 0 Å². The smallest absolute Gasteiger partial charge is 0.348 e. The first-order valence-corrected chi connectivity index (χ1v) is 12.6. The van der Waals surface area contributed by atoms with Crippen LogP contribution in [0.4, 0.5) is 5.00 Å². The highest BCUT2D eigenvalue weighted by Gasteiger charge is 2.24. The van der Waals surface area contributed by atoms with Crippen molar-refractivity contribution < 1.29 is 22.7 Å². The maximum Gasteiger partial charge on any atom is 0.348 e. The third kappa shape index (κ3) is 5.46. The second-order valence-electron chi connectivity index (χ2n) is 6.20. The van der Waals surface area contributed by atoms with E-state index in [1.807, 2.05) is 5.40 Å². The van der Waals surface area contributed by atoms with Crippen LogP contribution >= 0.6 is 23.1 Å². The standard InChI is InChI=1S/C20H23N3O5S3/c1-5-23(6-2)31(26,27)15-10-8-14(9-11-15)18(24)22-19-16(29-12-21)13(4)17(30-19)20(25)28-7-3/h8-11H,5-7H2,1-4H3,(H,22,24). The third-order valence-electron chi connectivity index (χ3n) is 4.39. The molecule has 1 N–H and O–H groups in total. The summed E-state index contributed by atoms with van der Waals surface area (Å²) < 4.78 is 31.5. The number of nitriles is 1. The number of ether oxygens (including phenoxy) is 1. The first kappa shape index (κ1) is 24.9. The zero-order chi connectivity index (χ0) is 23.2. The Morgan fingerprint density at radius 1 is 1.19 bits per heavy atom. The van der Waals surface area contributed by atoms with Gasteiger partial charge in [-0.3, -0.25) is 4.79 Å². The number of esters is 1. The van der Waals surface area contributed by atoms with E-state index in [4.69, 9.17) is 10.00 Å². The summed E-state index contributed by atoms with van der Waals surface area (Å²) in [6.07, 6.45) is 0. The lowest BCUT2D eigenvalue weighted by Crippen LogP contribution is -2.30. The van der Waals surface area contributed by atoms with Crippen LogP contribution in [0.15, 0.2) is 34.1 Å². The Morgan fingerprint density at radius 2 is 1.81 bits per heavy atom. The molecular formula is C20H23N3O5S3. The second-order valence-corrected chi connectivity index (χ2v) is 9.95. The molecule has 1 aromatic carbocycles. The maximum absolute atomic E-state index is 12.7. The van der Waals surface area contributed by atoms with Crippen LogP contribution in [0.25, 0.3) is 0 Å². The molecule has 0 saturated heterocycles. The number of carbonyl (C=O) groups excluding carboxylic acids is 2. The highest BCUT2D eigenvalue weighted by molar-refractivity contribution is 8.04. The first-order valence-electron chi connectivity index (χ1n) is 9.49. The number of thioether (sulfide) groups is 1. The number of nitrogens with zero attached hydrogens (tertiary/aromatic N) is 2. The highest BCUT2D eigenvalue weighted by Crippen LogP contribution is 2.40. The predicted octanol–water partition coefficient (Wildman–Crippen LogP) is 4.09. The van der Waals surface area contributed by atoms with Crippen LogP contribution in [-0.2, 0) is 14.8 Å². The number of hydrogen-bond donors (Lipinski definition) is 1. The number of rotatable bonds is 9. The van der Waals surface area contributed by atoms with Gasteiger partial charge in [0.2, 0.25) is 10.0 Å². The van der Waals surface area contributed by atoms with Gasteiger partial charge in [0.15, 0.2) is 0 Å². The molecule has 0 radical (unpaired) electrons. The van der Waals surface area contributed by atoms with Crippen LogP contribution in [0.1, 0.15) is 46.4 Å². The number of benzene rings is 1. The van der Waals surface area contributed by atoms with E-state index in [1.54, 1.807) is 27.7 Å². The molecule has 0 aliphatic heterocycles. The van der Waals surface area contributed by atoms with Gasteiger partial charge in [-0.05, 0) is 55.4 Å². The molecule has 0 fully saturated rings. The van der Waals surface area contributed by atoms with Crippen LogP contribution < -0.4 is 5.32 Å². The Bertz CT molecular complexity index is 1100. The summed E-state index contributed by atoms with van der Waals surface area (Å²) in [6.45, 7) is 7.80. The van der Waals surface area contributed by atoms with Crippen molar-refractivity contribution in [1.82, 2.24) is 4.31 Å². The van der Waals surface area contributed by atoms with Gasteiger partial charge in [0.25, 0.3) is 5.91 Å². The van der Waals surface area contributed by atoms with Gasteiger partial charge in [0.05, 0.1) is 16.4 Å². The van der Waals surface area contributed by atoms with E-state index in [0.717, 1.165) is 23.1 Å². The van der Waals surface area contributed by atoms with Crippen molar-refractivity contribution >= 4 is 50.0 Å². The van der Waals surface area contributed by atoms with Crippen LogP contribution in [-0.4, -0.2) is 44.3 Å². The molecule has 0 atom stereocenters. The van der Waals surface area contributed by atoms with Crippen molar-refractivity contribution in [3.8, 4) is 5.40 Å². The molecule has 1 aromatic heterocycles. The summed E-state index contributed by atoms with van der Waals surface area (Å²) in [7, 11) is -3.62. The molecule has 0 saturated carbocycles. The lowest BCUT2D eigenvalue weighted by atomic mass is 10.2. The van der Waals surface area contributed by atoms with E-state index in [2.05, 4.69) is 5.32 Å². The fraction of sp³-hybridized carbons (Fsp3) is 0.350. The molecule has 0 aliphatic rings. The van der Waals surface area contributed by atoms with E-state index in [9.17, 15) is 18.0 Å². The molecule has 166 valence electrons. The molecule has 0 aliphatic carbocycles. The van der Waals surface area contributed by atoms with Crippen LogP contribution in [0.5, 0.6) is 0 Å². The quantitative estimate of drug-likeness (QED) is 0.326. The average Bonchev–Trinajstić information content (AvgIpc) is 3.05. The summed E-state index contributed by atoms with van der Waals surface area (Å²) in [5.74, 6) is -1.00. The van der Waals surface area contributed by atoms with E-state index in [1.165, 1.54) is 28.6 Å². The number of anilines is 1. The van der Waals surface area contributed by atoms with Crippen LogP contribution in [0, 0.1) is 17.6 Å². The summed E-state index contributed by atoms with van der Waals surface area (Å²) in [6, 6.07) is 5.62. The molecule has 11 heteroatoms. The zero-order valence-electron chi connectivity index (χ0n) is 17.6. The Morgan fingerprint density at radius 3 is 2.32 bits per heavy atom. The fourth-order valence-corrected chi connectivity index (χ4v) is 6.06. The zero-order valence-corrected chi connectivity index (χ0v) is 20.0. The summed E-state index contributed by atoms with van der Waals surface area (Å²) >= 11 is 1.88. The van der Waals surface area contributed by atoms with Crippen molar-refractivity contribution in [2.75, 3.05) is 25.0 Å². The lowest BCUT2D eigenvalue weighted by molar-refractivity contribution is 0.0531. The Hall–Kier alpha value is -2.39. The summed E-state index contributed by atoms with van der Waals surface area (Å²) in [4.78, 5) is 25.8. The molecule has 1 heterocycles. The van der Waals surface area contributed by atoms with Gasteiger partial charge in [-0.2, -0.15) is 9.57 Å². The fourth-order valence-electron chi connectivity index (χ4n) is 2.81. The van der Waals surface area contributed by atoms with Crippen LogP contribution in [0.2, 0.25) is 0 Å². The van der Waals surface area contributed by atoms with Crippen molar-refractivity contribution in [1.29, 1.82) is 5.26 Å². The van der Waals surface area contributed by atoms with Crippen molar-refractivity contribution in [3.63, 3.8) is 0 Å². The number of sulfonamides is 1. The SMILES string of the molecule is CCOC(=O)c1sc(NC(=O)c2ccc(S(=O)(=O)N(CC)CC)cc2)c(SC#N)c1C. The normalized spacial score (nSPS) is 11.2. The minimum Gasteiger partial charge on any atom is -0.462 e. The van der Waals surface area contributed by atoms with Gasteiger partial charge in [0, 0.05) is 18.7 Å². The number of thiophene rings is 1. The topological polar surface area (TPSA) is 117 Å². The van der Waals surface area contributed by atoms with Crippen molar-refractivity contribution in [2.24, 2.45) is 0 Å². The Balaban J connectivity index is 2.30. The molecule has 8 nitrogen and oxygen atoms in total. The van der Waals surface area contributed by atoms with Crippen molar-refractivity contribution in [2.45, 2.75) is 37.5 Å². The molecule has 0 unspecified atom stereocenters. The number of amides is 1. The van der Waals surface area contributed by atoms with Gasteiger partial charge >= 0.3 is 5.97 Å². The maximum atomic E-state index is 12.7. The predicted molar refractivity (Wildman–Crippen MR) is 121 cm³/mol. The second kappa shape index (κ2) is 10.8. The number of carbonyl (C=O) groups is 2. The number of nitrogens with one attached hydrogen (secondary N) is 1. The number of thiocyanates is 1. The van der Waals surface area contributed by atoms with Gasteiger partial charge in [-0.1, -0.05) is 13.8 Å². The van der Waals surface area contributed by atoms with Gasteiger partial charge < -0.3 is 10.1 Å². The van der Waals surface area contributed by atoms with Gasteiger partial charge in [-0.25, -0.2) is 13.2 Å². The minimum absolute atomic E-state index is 0.102. The van der Waals surface area contributed by atoms with E-state index >= 15 is 0 Å². The van der Waals surface area contributed by atoms with Gasteiger partial charge in [-0.15, -0.1) is 11.3 Å². The number of hydrogen-bond acceptors (Lipinski definition) is 8. The Kier molecular flexibility index (Phi) is 8.64. The highest BCUT2D eigenvalue weighted by atomic mass is 32.2. The third-order valence-corrected chi connectivity index (χ3v) is 8.57. The molecular weight excluding hydrogens is 458 g/mol. The molecule has 31 heavy (non-hydrogen) atoms. The monoisotopic (exact) mass is 481 g/mol. The molecule has 2 aromatic rings. The average molecular weight is 482 g/mol. The van der Waals surface area contributed by atoms with E-state index < -0.39 is 21.9 Å². The molecule has 1 amide bonds. The van der Waals surface area contributed by atoms with Crippen molar-refractivity contribution in [3.05, 3.63) is 40.3 Å². The molecule has 2 rings (SSSR count). The molecule has 0 spiro atoms. The molecule has 0 bridgehead atoms. The van der Waals surface area contributed by atoms with Gasteiger partial charge in [0.1, 0.15) is 15.3 Å². The summed E-state index contributed by atoms with van der Waals surface area (Å²) in [5.41, 5.74) is 0.807.